The lowest BCUT2D eigenvalue weighted by molar-refractivity contribution is -0.137. The number of halogens is 3. The molecule has 2 heterocycles. The number of ether oxygens (including phenoxy) is 3. The number of rotatable bonds is 9. The van der Waals surface area contributed by atoms with Crippen LogP contribution in [0.5, 0.6) is 11.6 Å². The summed E-state index contributed by atoms with van der Waals surface area (Å²) in [5, 5.41) is 2.81. The standard InChI is InChI=1S/C21H23F3N2O4/c22-21(23,24)16-6-9-19(26-13-16)30-17-7-4-15(5-8-17)20(27)25-10-2-11-28-14-18-3-1-12-29-18/h4-9,13,18H,1-3,10-12,14H2,(H,25,27). The molecule has 6 nitrogen and oxygen atoms in total. The van der Waals surface area contributed by atoms with Crippen LogP contribution in [0.4, 0.5) is 13.2 Å². The fourth-order valence-electron chi connectivity index (χ4n) is 2.87. The van der Waals surface area contributed by atoms with Crippen LogP contribution in [0.25, 0.3) is 0 Å². The molecule has 1 unspecified atom stereocenters. The van der Waals surface area contributed by atoms with Crippen LogP contribution in [0.2, 0.25) is 0 Å². The molecule has 1 aromatic carbocycles. The van der Waals surface area contributed by atoms with Crippen LogP contribution in [-0.2, 0) is 15.7 Å². The first-order valence-corrected chi connectivity index (χ1v) is 9.70. The SMILES string of the molecule is O=C(NCCCOCC1CCCO1)c1ccc(Oc2ccc(C(F)(F)F)cn2)cc1. The average molecular weight is 424 g/mol. The first-order valence-electron chi connectivity index (χ1n) is 9.70. The molecule has 1 aliphatic rings. The summed E-state index contributed by atoms with van der Waals surface area (Å²) in [5.41, 5.74) is -0.401. The van der Waals surface area contributed by atoms with Crippen molar-refractivity contribution in [2.24, 2.45) is 0 Å². The van der Waals surface area contributed by atoms with Gasteiger partial charge in [-0.1, -0.05) is 0 Å². The van der Waals surface area contributed by atoms with Crippen LogP contribution < -0.4 is 10.1 Å². The van der Waals surface area contributed by atoms with Crippen molar-refractivity contribution in [1.82, 2.24) is 10.3 Å². The van der Waals surface area contributed by atoms with Crippen molar-refractivity contribution in [3.05, 3.63) is 53.7 Å². The maximum atomic E-state index is 12.5. The van der Waals surface area contributed by atoms with E-state index in [1.165, 1.54) is 0 Å². The summed E-state index contributed by atoms with van der Waals surface area (Å²) >= 11 is 0. The summed E-state index contributed by atoms with van der Waals surface area (Å²) in [7, 11) is 0. The number of carbonyl (C=O) groups is 1. The highest BCUT2D eigenvalue weighted by Gasteiger charge is 2.30. The Morgan fingerprint density at radius 2 is 2.00 bits per heavy atom. The Morgan fingerprint density at radius 3 is 2.63 bits per heavy atom. The van der Waals surface area contributed by atoms with Crippen molar-refractivity contribution in [3.8, 4) is 11.6 Å². The second kappa shape index (κ2) is 10.4. The number of aromatic nitrogens is 1. The Morgan fingerprint density at radius 1 is 1.20 bits per heavy atom. The predicted octanol–water partition coefficient (Wildman–Crippen LogP) is 4.21. The van der Waals surface area contributed by atoms with E-state index in [2.05, 4.69) is 10.3 Å². The van der Waals surface area contributed by atoms with Gasteiger partial charge in [0.15, 0.2) is 0 Å². The summed E-state index contributed by atoms with van der Waals surface area (Å²) < 4.78 is 54.1. The fourth-order valence-corrected chi connectivity index (χ4v) is 2.87. The lowest BCUT2D eigenvalue weighted by atomic mass is 10.2. The van der Waals surface area contributed by atoms with E-state index in [0.717, 1.165) is 31.6 Å². The molecule has 9 heteroatoms. The third kappa shape index (κ3) is 6.70. The zero-order chi connectivity index (χ0) is 21.4. The molecule has 3 rings (SSSR count). The van der Waals surface area contributed by atoms with Crippen LogP contribution in [0.3, 0.4) is 0 Å². The molecule has 1 N–H and O–H groups in total. The van der Waals surface area contributed by atoms with Gasteiger partial charge in [-0.15, -0.1) is 0 Å². The lowest BCUT2D eigenvalue weighted by Gasteiger charge is -2.10. The summed E-state index contributed by atoms with van der Waals surface area (Å²) in [6.07, 6.45) is -0.740. The quantitative estimate of drug-likeness (QED) is 0.611. The monoisotopic (exact) mass is 424 g/mol. The maximum Gasteiger partial charge on any atom is 0.417 e. The van der Waals surface area contributed by atoms with Crippen LogP contribution >= 0.6 is 0 Å². The molecule has 1 amide bonds. The van der Waals surface area contributed by atoms with Gasteiger partial charge >= 0.3 is 6.18 Å². The first-order chi connectivity index (χ1) is 14.4. The Labute approximate surface area is 172 Å². The Hall–Kier alpha value is -2.65. The van der Waals surface area contributed by atoms with E-state index < -0.39 is 11.7 Å². The normalized spacial score (nSPS) is 16.4. The third-order valence-corrected chi connectivity index (χ3v) is 4.48. The Kier molecular flexibility index (Phi) is 7.64. The zero-order valence-corrected chi connectivity index (χ0v) is 16.3. The molecule has 0 bridgehead atoms. The van der Waals surface area contributed by atoms with Gasteiger partial charge in [-0.3, -0.25) is 4.79 Å². The van der Waals surface area contributed by atoms with Gasteiger partial charge in [0.2, 0.25) is 5.88 Å². The van der Waals surface area contributed by atoms with Gasteiger partial charge in [-0.2, -0.15) is 13.2 Å². The van der Waals surface area contributed by atoms with Crippen molar-refractivity contribution in [3.63, 3.8) is 0 Å². The zero-order valence-electron chi connectivity index (χ0n) is 16.3. The van der Waals surface area contributed by atoms with E-state index in [-0.39, 0.29) is 17.9 Å². The molecular weight excluding hydrogens is 401 g/mol. The summed E-state index contributed by atoms with van der Waals surface area (Å²) in [6, 6.07) is 8.29. The minimum atomic E-state index is -4.45. The van der Waals surface area contributed by atoms with E-state index in [0.29, 0.717) is 43.7 Å². The molecule has 1 saturated heterocycles. The average Bonchev–Trinajstić information content (AvgIpc) is 3.24. The highest BCUT2D eigenvalue weighted by Crippen LogP contribution is 2.30. The van der Waals surface area contributed by atoms with Crippen molar-refractivity contribution in [1.29, 1.82) is 0 Å². The van der Waals surface area contributed by atoms with E-state index in [4.69, 9.17) is 14.2 Å². The highest BCUT2D eigenvalue weighted by molar-refractivity contribution is 5.94. The van der Waals surface area contributed by atoms with E-state index in [1.54, 1.807) is 24.3 Å². The first kappa shape index (κ1) is 22.0. The molecule has 0 radical (unpaired) electrons. The van der Waals surface area contributed by atoms with Gasteiger partial charge in [0.25, 0.3) is 5.91 Å². The largest absolute Gasteiger partial charge is 0.439 e. The number of pyridine rings is 1. The molecule has 2 aromatic rings. The molecule has 0 spiro atoms. The smallest absolute Gasteiger partial charge is 0.417 e. The highest BCUT2D eigenvalue weighted by atomic mass is 19.4. The number of amides is 1. The number of nitrogens with one attached hydrogen (secondary N) is 1. The second-order valence-corrected chi connectivity index (χ2v) is 6.83. The fraction of sp³-hybridized carbons (Fsp3) is 0.429. The summed E-state index contributed by atoms with van der Waals surface area (Å²) in [6.45, 7) is 2.42. The van der Waals surface area contributed by atoms with Gasteiger partial charge in [0.05, 0.1) is 18.3 Å². The Bertz CT molecular complexity index is 804. The summed E-state index contributed by atoms with van der Waals surface area (Å²) in [5.74, 6) is 0.165. The molecule has 1 aliphatic heterocycles. The third-order valence-electron chi connectivity index (χ3n) is 4.48. The van der Waals surface area contributed by atoms with Gasteiger partial charge in [0, 0.05) is 37.6 Å². The van der Waals surface area contributed by atoms with Crippen molar-refractivity contribution < 1.29 is 32.2 Å². The van der Waals surface area contributed by atoms with E-state index >= 15 is 0 Å². The van der Waals surface area contributed by atoms with Gasteiger partial charge in [-0.25, -0.2) is 4.98 Å². The molecule has 0 aliphatic carbocycles. The molecule has 0 saturated carbocycles. The second-order valence-electron chi connectivity index (χ2n) is 6.83. The van der Waals surface area contributed by atoms with Gasteiger partial charge in [-0.05, 0) is 49.6 Å². The van der Waals surface area contributed by atoms with E-state index in [1.807, 2.05) is 0 Å². The minimum absolute atomic E-state index is 0.0307. The molecule has 30 heavy (non-hydrogen) atoms. The molecule has 1 aromatic heterocycles. The number of carbonyl (C=O) groups excluding carboxylic acids is 1. The van der Waals surface area contributed by atoms with Crippen LogP contribution in [0.15, 0.2) is 42.6 Å². The number of hydrogen-bond donors (Lipinski definition) is 1. The number of benzene rings is 1. The van der Waals surface area contributed by atoms with Crippen molar-refractivity contribution in [2.75, 3.05) is 26.4 Å². The molecular formula is C21H23F3N2O4. The van der Waals surface area contributed by atoms with Crippen LogP contribution in [-0.4, -0.2) is 43.4 Å². The predicted molar refractivity (Wildman–Crippen MR) is 102 cm³/mol. The number of nitrogens with zero attached hydrogens (tertiary/aromatic N) is 1. The van der Waals surface area contributed by atoms with E-state index in [9.17, 15) is 18.0 Å². The molecule has 1 fully saturated rings. The number of hydrogen-bond acceptors (Lipinski definition) is 5. The van der Waals surface area contributed by atoms with Crippen LogP contribution in [0.1, 0.15) is 35.2 Å². The minimum Gasteiger partial charge on any atom is -0.439 e. The van der Waals surface area contributed by atoms with Crippen molar-refractivity contribution >= 4 is 5.91 Å². The maximum absolute atomic E-state index is 12.5. The summed E-state index contributed by atoms with van der Waals surface area (Å²) in [4.78, 5) is 15.8. The number of alkyl halides is 3. The molecule has 1 atom stereocenters. The topological polar surface area (TPSA) is 69.7 Å². The van der Waals surface area contributed by atoms with Gasteiger partial charge < -0.3 is 19.5 Å². The van der Waals surface area contributed by atoms with Crippen molar-refractivity contribution in [2.45, 2.75) is 31.5 Å². The lowest BCUT2D eigenvalue weighted by Crippen LogP contribution is -2.25. The van der Waals surface area contributed by atoms with Gasteiger partial charge in [0.1, 0.15) is 5.75 Å². The molecule has 162 valence electrons. The van der Waals surface area contributed by atoms with Crippen LogP contribution in [0, 0.1) is 0 Å². The Balaban J connectivity index is 1.38.